The number of nitrogens with zero attached hydrogens (tertiary/aromatic N) is 3. The standard InChI is InChI=1S/C23H32N4O3/c1-16(2)8-11-23(18-9-13-26(14-10-18)20(28)17-6-7-17)21(29)27(22(30)25-23)15-19-5-3-4-12-24-19/h3-5,12,16-18H,6-11,13-15H2,1-2H3,(H,25,30)/t23-/m1/s1. The van der Waals surface area contributed by atoms with Gasteiger partial charge in [-0.15, -0.1) is 0 Å². The third-order valence-corrected chi connectivity index (χ3v) is 6.79. The molecule has 1 aromatic heterocycles. The van der Waals surface area contributed by atoms with Gasteiger partial charge in [0.25, 0.3) is 5.91 Å². The summed E-state index contributed by atoms with van der Waals surface area (Å²) in [6.07, 6.45) is 6.69. The molecule has 0 radical (unpaired) electrons. The molecule has 1 atom stereocenters. The molecule has 7 heteroatoms. The van der Waals surface area contributed by atoms with Crippen molar-refractivity contribution in [2.75, 3.05) is 13.1 Å². The van der Waals surface area contributed by atoms with Crippen LogP contribution in [0.5, 0.6) is 0 Å². The van der Waals surface area contributed by atoms with Crippen LogP contribution >= 0.6 is 0 Å². The van der Waals surface area contributed by atoms with Gasteiger partial charge in [0, 0.05) is 25.2 Å². The summed E-state index contributed by atoms with van der Waals surface area (Å²) in [5.74, 6) is 0.838. The molecule has 1 aliphatic carbocycles. The van der Waals surface area contributed by atoms with E-state index in [1.54, 1.807) is 6.20 Å². The highest BCUT2D eigenvalue weighted by Crippen LogP contribution is 2.39. The number of urea groups is 1. The molecule has 1 saturated carbocycles. The number of imide groups is 1. The Labute approximate surface area is 178 Å². The lowest BCUT2D eigenvalue weighted by Gasteiger charge is -2.41. The fourth-order valence-electron chi connectivity index (χ4n) is 4.79. The number of piperidine rings is 1. The number of hydrogen-bond donors (Lipinski definition) is 1. The maximum atomic E-state index is 13.6. The SMILES string of the molecule is CC(C)CC[C@]1(C2CCN(C(=O)C3CC3)CC2)NC(=O)N(Cc2ccccn2)C1=O. The first kappa shape index (κ1) is 20.8. The van der Waals surface area contributed by atoms with Gasteiger partial charge in [-0.25, -0.2) is 4.79 Å². The zero-order valence-corrected chi connectivity index (χ0v) is 18.0. The molecule has 4 amide bonds. The van der Waals surface area contributed by atoms with E-state index in [0.717, 1.165) is 32.1 Å². The predicted octanol–water partition coefficient (Wildman–Crippen LogP) is 2.96. The van der Waals surface area contributed by atoms with Crippen molar-refractivity contribution < 1.29 is 14.4 Å². The number of likely N-dealkylation sites (tertiary alicyclic amines) is 1. The second-order valence-electron chi connectivity index (χ2n) is 9.42. The van der Waals surface area contributed by atoms with Crippen molar-refractivity contribution in [2.24, 2.45) is 17.8 Å². The number of pyridine rings is 1. The van der Waals surface area contributed by atoms with Gasteiger partial charge in [0.2, 0.25) is 5.91 Å². The van der Waals surface area contributed by atoms with E-state index in [2.05, 4.69) is 24.1 Å². The van der Waals surface area contributed by atoms with Gasteiger partial charge in [-0.3, -0.25) is 19.5 Å². The van der Waals surface area contributed by atoms with Gasteiger partial charge < -0.3 is 10.2 Å². The predicted molar refractivity (Wildman–Crippen MR) is 112 cm³/mol. The zero-order valence-electron chi connectivity index (χ0n) is 18.0. The molecule has 7 nitrogen and oxygen atoms in total. The molecule has 2 saturated heterocycles. The van der Waals surface area contributed by atoms with Crippen LogP contribution in [0.2, 0.25) is 0 Å². The fraction of sp³-hybridized carbons (Fsp3) is 0.652. The largest absolute Gasteiger partial charge is 0.342 e. The Morgan fingerprint density at radius 1 is 1.20 bits per heavy atom. The molecular weight excluding hydrogens is 380 g/mol. The van der Waals surface area contributed by atoms with Gasteiger partial charge in [-0.05, 0) is 62.5 Å². The average Bonchev–Trinajstić information content (AvgIpc) is 3.57. The minimum Gasteiger partial charge on any atom is -0.342 e. The highest BCUT2D eigenvalue weighted by Gasteiger charge is 2.55. The minimum atomic E-state index is -0.870. The summed E-state index contributed by atoms with van der Waals surface area (Å²) in [6.45, 7) is 5.81. The van der Waals surface area contributed by atoms with Crippen LogP contribution in [0, 0.1) is 17.8 Å². The molecule has 0 bridgehead atoms. The third kappa shape index (κ3) is 4.07. The van der Waals surface area contributed by atoms with E-state index in [0.29, 0.717) is 31.1 Å². The van der Waals surface area contributed by atoms with Gasteiger partial charge in [0.15, 0.2) is 0 Å². The number of rotatable bonds is 7. The number of nitrogens with one attached hydrogen (secondary N) is 1. The second-order valence-corrected chi connectivity index (χ2v) is 9.42. The van der Waals surface area contributed by atoms with Crippen LogP contribution in [0.15, 0.2) is 24.4 Å². The first-order valence-corrected chi connectivity index (χ1v) is 11.2. The number of amides is 4. The van der Waals surface area contributed by atoms with Crippen molar-refractivity contribution in [1.29, 1.82) is 0 Å². The molecule has 1 N–H and O–H groups in total. The Morgan fingerprint density at radius 3 is 2.53 bits per heavy atom. The first-order valence-electron chi connectivity index (χ1n) is 11.2. The average molecular weight is 413 g/mol. The van der Waals surface area contributed by atoms with Crippen LogP contribution in [0.3, 0.4) is 0 Å². The maximum Gasteiger partial charge on any atom is 0.325 e. The van der Waals surface area contributed by atoms with Crippen molar-refractivity contribution in [2.45, 2.75) is 64.5 Å². The summed E-state index contributed by atoms with van der Waals surface area (Å²) in [5, 5.41) is 3.10. The molecule has 2 aliphatic heterocycles. The third-order valence-electron chi connectivity index (χ3n) is 6.79. The smallest absolute Gasteiger partial charge is 0.325 e. The molecule has 3 fully saturated rings. The Balaban J connectivity index is 1.51. The Hall–Kier alpha value is -2.44. The van der Waals surface area contributed by atoms with Crippen molar-refractivity contribution in [3.63, 3.8) is 0 Å². The Bertz CT molecular complexity index is 800. The van der Waals surface area contributed by atoms with E-state index >= 15 is 0 Å². The van der Waals surface area contributed by atoms with Crippen LogP contribution < -0.4 is 5.32 Å². The molecule has 0 unspecified atom stereocenters. The molecule has 3 heterocycles. The van der Waals surface area contributed by atoms with Gasteiger partial charge >= 0.3 is 6.03 Å². The van der Waals surface area contributed by atoms with Crippen molar-refractivity contribution in [3.05, 3.63) is 30.1 Å². The highest BCUT2D eigenvalue weighted by atomic mass is 16.2. The molecule has 30 heavy (non-hydrogen) atoms. The molecule has 1 aromatic rings. The number of carbonyl (C=O) groups excluding carboxylic acids is 3. The normalized spacial score (nSPS) is 25.2. The van der Waals surface area contributed by atoms with Gasteiger partial charge in [-0.2, -0.15) is 0 Å². The second kappa shape index (κ2) is 8.36. The van der Waals surface area contributed by atoms with E-state index < -0.39 is 5.54 Å². The first-order chi connectivity index (χ1) is 14.4. The Kier molecular flexibility index (Phi) is 5.80. The Morgan fingerprint density at radius 2 is 1.93 bits per heavy atom. The van der Waals surface area contributed by atoms with Crippen LogP contribution in [-0.2, 0) is 16.1 Å². The lowest BCUT2D eigenvalue weighted by molar-refractivity contribution is -0.137. The number of aromatic nitrogens is 1. The quantitative estimate of drug-likeness (QED) is 0.698. The number of carbonyl (C=O) groups is 3. The summed E-state index contributed by atoms with van der Waals surface area (Å²) < 4.78 is 0. The maximum absolute atomic E-state index is 13.6. The van der Waals surface area contributed by atoms with Crippen LogP contribution in [-0.4, -0.2) is 51.3 Å². The van der Waals surface area contributed by atoms with Crippen LogP contribution in [0.4, 0.5) is 4.79 Å². The summed E-state index contributed by atoms with van der Waals surface area (Å²) in [6, 6.07) is 5.18. The fourth-order valence-corrected chi connectivity index (χ4v) is 4.79. The minimum absolute atomic E-state index is 0.0460. The van der Waals surface area contributed by atoms with Gasteiger partial charge in [0.05, 0.1) is 12.2 Å². The molecule has 3 aliphatic rings. The monoisotopic (exact) mass is 412 g/mol. The van der Waals surface area contributed by atoms with Crippen molar-refractivity contribution >= 4 is 17.8 Å². The topological polar surface area (TPSA) is 82.6 Å². The van der Waals surface area contributed by atoms with E-state index in [9.17, 15) is 14.4 Å². The summed E-state index contributed by atoms with van der Waals surface area (Å²) in [4.78, 5) is 46.5. The van der Waals surface area contributed by atoms with E-state index in [-0.39, 0.29) is 36.2 Å². The lowest BCUT2D eigenvalue weighted by Crippen LogP contribution is -2.56. The van der Waals surface area contributed by atoms with Gasteiger partial charge in [-0.1, -0.05) is 19.9 Å². The molecule has 0 spiro atoms. The summed E-state index contributed by atoms with van der Waals surface area (Å²) in [7, 11) is 0. The van der Waals surface area contributed by atoms with E-state index in [1.807, 2.05) is 23.1 Å². The lowest BCUT2D eigenvalue weighted by atomic mass is 9.73. The molecule has 162 valence electrons. The molecule has 0 aromatic carbocycles. The highest BCUT2D eigenvalue weighted by molar-refractivity contribution is 6.07. The van der Waals surface area contributed by atoms with E-state index in [4.69, 9.17) is 0 Å². The van der Waals surface area contributed by atoms with Crippen molar-refractivity contribution in [1.82, 2.24) is 20.1 Å². The van der Waals surface area contributed by atoms with Gasteiger partial charge in [0.1, 0.15) is 5.54 Å². The van der Waals surface area contributed by atoms with E-state index in [1.165, 1.54) is 4.90 Å². The molecular formula is C23H32N4O3. The molecule has 4 rings (SSSR count). The summed E-state index contributed by atoms with van der Waals surface area (Å²) in [5.41, 5.74) is -0.171. The van der Waals surface area contributed by atoms with Crippen LogP contribution in [0.1, 0.15) is 58.1 Å². The van der Waals surface area contributed by atoms with Crippen LogP contribution in [0.25, 0.3) is 0 Å². The number of hydrogen-bond acceptors (Lipinski definition) is 4. The zero-order chi connectivity index (χ0) is 21.3. The van der Waals surface area contributed by atoms with Crippen molar-refractivity contribution in [3.8, 4) is 0 Å². The summed E-state index contributed by atoms with van der Waals surface area (Å²) >= 11 is 0.